The number of amides is 1. The van der Waals surface area contributed by atoms with Gasteiger partial charge in [0.25, 0.3) is 0 Å². The van der Waals surface area contributed by atoms with Crippen molar-refractivity contribution in [3.05, 3.63) is 58.9 Å². The first kappa shape index (κ1) is 21.0. The monoisotopic (exact) mass is 420 g/mol. The molecule has 0 aliphatic rings. The van der Waals surface area contributed by atoms with Crippen LogP contribution in [0.4, 0.5) is 24.5 Å². The van der Waals surface area contributed by atoms with Crippen molar-refractivity contribution in [1.29, 1.82) is 0 Å². The first-order chi connectivity index (χ1) is 12.6. The highest BCUT2D eigenvalue weighted by molar-refractivity contribution is 7.92. The third-order valence-electron chi connectivity index (χ3n) is 3.56. The topological polar surface area (TPSA) is 66.5 Å². The minimum atomic E-state index is -3.76. The zero-order chi connectivity index (χ0) is 20.2. The van der Waals surface area contributed by atoms with Crippen molar-refractivity contribution >= 4 is 38.9 Å². The van der Waals surface area contributed by atoms with Crippen molar-refractivity contribution in [2.24, 2.45) is 0 Å². The second kappa shape index (κ2) is 8.62. The molecule has 5 nitrogen and oxygen atoms in total. The number of sulfonamides is 1. The van der Waals surface area contributed by atoms with Crippen molar-refractivity contribution in [2.75, 3.05) is 22.4 Å². The van der Waals surface area contributed by atoms with Gasteiger partial charge in [0.2, 0.25) is 15.9 Å². The number of nitrogens with one attached hydrogen (secondary N) is 1. The highest BCUT2D eigenvalue weighted by atomic mass is 35.5. The van der Waals surface area contributed by atoms with Gasteiger partial charge in [-0.2, -0.15) is 0 Å². The molecule has 0 unspecified atom stereocenters. The summed E-state index contributed by atoms with van der Waals surface area (Å²) >= 11 is 5.63. The van der Waals surface area contributed by atoms with Gasteiger partial charge in [-0.3, -0.25) is 9.10 Å². The first-order valence-corrected chi connectivity index (χ1v) is 9.98. The van der Waals surface area contributed by atoms with Gasteiger partial charge in [-0.25, -0.2) is 21.6 Å². The molecule has 0 heterocycles. The van der Waals surface area contributed by atoms with Crippen LogP contribution in [0.3, 0.4) is 0 Å². The fourth-order valence-electron chi connectivity index (χ4n) is 2.31. The van der Waals surface area contributed by atoms with E-state index in [1.54, 1.807) is 0 Å². The molecular formula is C17H16ClF3N2O3S. The van der Waals surface area contributed by atoms with Crippen LogP contribution in [0.2, 0.25) is 5.02 Å². The third kappa shape index (κ3) is 5.86. The molecule has 2 rings (SSSR count). The summed E-state index contributed by atoms with van der Waals surface area (Å²) < 4.78 is 64.3. The molecule has 0 radical (unpaired) electrons. The fraction of sp³-hybridized carbons (Fsp3) is 0.235. The van der Waals surface area contributed by atoms with Gasteiger partial charge in [0.15, 0.2) is 11.6 Å². The van der Waals surface area contributed by atoms with E-state index in [0.717, 1.165) is 34.8 Å². The van der Waals surface area contributed by atoms with Gasteiger partial charge in [0.05, 0.1) is 17.0 Å². The van der Waals surface area contributed by atoms with E-state index in [9.17, 15) is 26.4 Å². The van der Waals surface area contributed by atoms with Crippen LogP contribution in [0.25, 0.3) is 0 Å². The Morgan fingerprint density at radius 1 is 1.07 bits per heavy atom. The number of nitrogens with zero attached hydrogens (tertiary/aromatic N) is 1. The lowest BCUT2D eigenvalue weighted by atomic mass is 10.2. The third-order valence-corrected chi connectivity index (χ3v) is 5.04. The fourth-order valence-corrected chi connectivity index (χ4v) is 3.44. The number of benzene rings is 2. The van der Waals surface area contributed by atoms with Gasteiger partial charge < -0.3 is 5.32 Å². The molecule has 1 amide bonds. The van der Waals surface area contributed by atoms with E-state index < -0.39 is 33.4 Å². The second-order valence-electron chi connectivity index (χ2n) is 5.71. The number of anilines is 2. The summed E-state index contributed by atoms with van der Waals surface area (Å²) in [7, 11) is -3.76. The summed E-state index contributed by atoms with van der Waals surface area (Å²) in [4.78, 5) is 11.9. The molecule has 146 valence electrons. The molecular weight excluding hydrogens is 405 g/mol. The Labute approximate surface area is 159 Å². The maximum Gasteiger partial charge on any atom is 0.232 e. The van der Waals surface area contributed by atoms with Crippen molar-refractivity contribution in [1.82, 2.24) is 0 Å². The van der Waals surface area contributed by atoms with Crippen LogP contribution in [0.15, 0.2) is 36.4 Å². The molecule has 0 spiro atoms. The van der Waals surface area contributed by atoms with E-state index in [-0.39, 0.29) is 30.1 Å². The van der Waals surface area contributed by atoms with E-state index in [2.05, 4.69) is 5.32 Å². The van der Waals surface area contributed by atoms with Crippen LogP contribution in [-0.2, 0) is 14.8 Å². The molecule has 27 heavy (non-hydrogen) atoms. The Bertz CT molecular complexity index is 954. The Morgan fingerprint density at radius 3 is 2.33 bits per heavy atom. The van der Waals surface area contributed by atoms with Crippen LogP contribution in [0.1, 0.15) is 12.8 Å². The van der Waals surface area contributed by atoms with Crippen LogP contribution in [0.5, 0.6) is 0 Å². The summed E-state index contributed by atoms with van der Waals surface area (Å²) in [5, 5.41) is 2.37. The van der Waals surface area contributed by atoms with E-state index in [0.29, 0.717) is 5.69 Å². The Balaban J connectivity index is 1.99. The number of carbonyl (C=O) groups excluding carboxylic acids is 1. The normalized spacial score (nSPS) is 11.3. The molecule has 0 atom stereocenters. The van der Waals surface area contributed by atoms with Crippen molar-refractivity contribution in [3.8, 4) is 0 Å². The second-order valence-corrected chi connectivity index (χ2v) is 8.03. The minimum absolute atomic E-state index is 0.0397. The number of halogens is 4. The molecule has 0 saturated heterocycles. The zero-order valence-electron chi connectivity index (χ0n) is 14.2. The number of hydrogen-bond donors (Lipinski definition) is 1. The quantitative estimate of drug-likeness (QED) is 0.737. The van der Waals surface area contributed by atoms with Crippen LogP contribution >= 0.6 is 11.6 Å². The van der Waals surface area contributed by atoms with Gasteiger partial charge in [0, 0.05) is 24.7 Å². The van der Waals surface area contributed by atoms with E-state index in [4.69, 9.17) is 11.6 Å². The molecule has 0 fully saturated rings. The average molecular weight is 421 g/mol. The summed E-state index contributed by atoms with van der Waals surface area (Å²) in [6.45, 7) is -0.110. The Hall–Kier alpha value is -2.26. The van der Waals surface area contributed by atoms with Gasteiger partial charge in [-0.05, 0) is 36.8 Å². The van der Waals surface area contributed by atoms with Gasteiger partial charge >= 0.3 is 0 Å². The van der Waals surface area contributed by atoms with Crippen LogP contribution in [-0.4, -0.2) is 27.1 Å². The lowest BCUT2D eigenvalue weighted by Crippen LogP contribution is -2.31. The lowest BCUT2D eigenvalue weighted by Gasteiger charge is -2.22. The summed E-state index contributed by atoms with van der Waals surface area (Å²) in [6.07, 6.45) is 0.992. The minimum Gasteiger partial charge on any atom is -0.326 e. The van der Waals surface area contributed by atoms with Gasteiger partial charge in [-0.15, -0.1) is 0 Å². The number of rotatable bonds is 7. The Kier molecular flexibility index (Phi) is 6.72. The maximum atomic E-state index is 13.4. The predicted molar refractivity (Wildman–Crippen MR) is 97.8 cm³/mol. The van der Waals surface area contributed by atoms with E-state index in [1.807, 2.05) is 0 Å². The average Bonchev–Trinajstić information content (AvgIpc) is 2.57. The van der Waals surface area contributed by atoms with Crippen LogP contribution < -0.4 is 9.62 Å². The molecule has 10 heteroatoms. The lowest BCUT2D eigenvalue weighted by molar-refractivity contribution is -0.116. The number of carbonyl (C=O) groups is 1. The van der Waals surface area contributed by atoms with Gasteiger partial charge in [0.1, 0.15) is 5.82 Å². The predicted octanol–water partition coefficient (Wildman–Crippen LogP) is 3.94. The van der Waals surface area contributed by atoms with Crippen molar-refractivity contribution in [2.45, 2.75) is 12.8 Å². The van der Waals surface area contributed by atoms with Crippen molar-refractivity contribution < 1.29 is 26.4 Å². The largest absolute Gasteiger partial charge is 0.326 e. The van der Waals surface area contributed by atoms with E-state index >= 15 is 0 Å². The molecule has 0 aliphatic carbocycles. The molecule has 0 saturated carbocycles. The molecule has 2 aromatic carbocycles. The molecule has 2 aromatic rings. The SMILES string of the molecule is CS(=O)(=O)N(CCCC(=O)Nc1ccc(F)c(Cl)c1)c1ccc(F)c(F)c1. The molecule has 0 aliphatic heterocycles. The summed E-state index contributed by atoms with van der Waals surface area (Å²) in [5.74, 6) is -3.32. The van der Waals surface area contributed by atoms with Gasteiger partial charge in [-0.1, -0.05) is 11.6 Å². The Morgan fingerprint density at radius 2 is 1.74 bits per heavy atom. The zero-order valence-corrected chi connectivity index (χ0v) is 15.7. The van der Waals surface area contributed by atoms with Crippen LogP contribution in [0, 0.1) is 17.5 Å². The highest BCUT2D eigenvalue weighted by Crippen LogP contribution is 2.22. The summed E-state index contributed by atoms with van der Waals surface area (Å²) in [5.41, 5.74) is 0.258. The van der Waals surface area contributed by atoms with Crippen molar-refractivity contribution in [3.63, 3.8) is 0 Å². The smallest absolute Gasteiger partial charge is 0.232 e. The van der Waals surface area contributed by atoms with E-state index in [1.165, 1.54) is 12.1 Å². The molecule has 0 bridgehead atoms. The number of hydrogen-bond acceptors (Lipinski definition) is 3. The first-order valence-electron chi connectivity index (χ1n) is 7.75. The molecule has 0 aromatic heterocycles. The maximum absolute atomic E-state index is 13.4. The highest BCUT2D eigenvalue weighted by Gasteiger charge is 2.19. The molecule has 1 N–H and O–H groups in total. The summed E-state index contributed by atoms with van der Waals surface area (Å²) in [6, 6.07) is 6.43. The standard InChI is InChI=1S/C17H16ClF3N2O3S/c1-27(25,26)23(12-5-7-15(20)16(21)10-12)8-2-3-17(24)22-11-4-6-14(19)13(18)9-11/h4-7,9-10H,2-3,8H2,1H3,(H,22,24).